The third-order valence-electron chi connectivity index (χ3n) is 4.41. The van der Waals surface area contributed by atoms with Gasteiger partial charge in [-0.3, -0.25) is 0 Å². The molecule has 1 aromatic heterocycles. The van der Waals surface area contributed by atoms with Gasteiger partial charge in [0.2, 0.25) is 0 Å². The molecule has 0 unspecified atom stereocenters. The molecule has 6 heteroatoms. The fourth-order valence-electron chi connectivity index (χ4n) is 3.16. The number of aryl methyl sites for hydroxylation is 1. The average Bonchev–Trinajstić information content (AvgIpc) is 3.08. The fraction of sp³-hybridized carbons (Fsp3) is 0.182. The van der Waals surface area contributed by atoms with E-state index >= 15 is 0 Å². The van der Waals surface area contributed by atoms with E-state index in [1.165, 1.54) is 6.08 Å². The molecule has 6 nitrogen and oxygen atoms in total. The van der Waals surface area contributed by atoms with Crippen LogP contribution in [0.5, 0.6) is 17.2 Å². The molecule has 0 radical (unpaired) electrons. The lowest BCUT2D eigenvalue weighted by Gasteiger charge is -2.18. The van der Waals surface area contributed by atoms with Crippen LogP contribution >= 0.6 is 0 Å². The van der Waals surface area contributed by atoms with Gasteiger partial charge in [-0.05, 0) is 24.3 Å². The number of nitriles is 1. The quantitative estimate of drug-likeness (QED) is 0.384. The van der Waals surface area contributed by atoms with E-state index in [1.807, 2.05) is 35.0 Å². The monoisotopic (exact) mass is 374 g/mol. The lowest BCUT2D eigenvalue weighted by atomic mass is 10.1. The number of carbonyl (C=O) groups is 1. The van der Waals surface area contributed by atoms with E-state index in [4.69, 9.17) is 19.5 Å². The molecule has 0 amide bonds. The van der Waals surface area contributed by atoms with Crippen LogP contribution in [-0.2, 0) is 11.3 Å². The summed E-state index contributed by atoms with van der Waals surface area (Å²) in [5.74, 6) is 1.13. The summed E-state index contributed by atoms with van der Waals surface area (Å²) in [6.45, 7) is 1.59. The van der Waals surface area contributed by atoms with Gasteiger partial charge in [0.25, 0.3) is 0 Å². The SMILES string of the molecule is N#CCCn1cc(C=CC(=O)Oc2ccc3c(c2)OCCO3)c2ccccc21. The number of fused-ring (bicyclic) bond motifs is 2. The maximum absolute atomic E-state index is 12.2. The van der Waals surface area contributed by atoms with Gasteiger partial charge in [-0.1, -0.05) is 18.2 Å². The summed E-state index contributed by atoms with van der Waals surface area (Å²) in [7, 11) is 0. The molecule has 2 aromatic carbocycles. The zero-order valence-corrected chi connectivity index (χ0v) is 15.1. The third-order valence-corrected chi connectivity index (χ3v) is 4.41. The molecule has 0 atom stereocenters. The summed E-state index contributed by atoms with van der Waals surface area (Å²) < 4.78 is 18.3. The van der Waals surface area contributed by atoms with Crippen molar-refractivity contribution in [3.05, 3.63) is 60.3 Å². The van der Waals surface area contributed by atoms with Crippen LogP contribution in [0.2, 0.25) is 0 Å². The Morgan fingerprint density at radius 2 is 2.00 bits per heavy atom. The molecule has 3 aromatic rings. The number of nitrogens with zero attached hydrogens (tertiary/aromatic N) is 2. The third kappa shape index (κ3) is 3.69. The van der Waals surface area contributed by atoms with Crippen LogP contribution in [0.25, 0.3) is 17.0 Å². The summed E-state index contributed by atoms with van der Waals surface area (Å²) in [4.78, 5) is 12.2. The fourth-order valence-corrected chi connectivity index (χ4v) is 3.16. The van der Waals surface area contributed by atoms with E-state index < -0.39 is 5.97 Å². The number of rotatable bonds is 5. The largest absolute Gasteiger partial charge is 0.486 e. The van der Waals surface area contributed by atoms with E-state index in [-0.39, 0.29) is 0 Å². The molecular weight excluding hydrogens is 356 g/mol. The highest BCUT2D eigenvalue weighted by Crippen LogP contribution is 2.33. The predicted octanol–water partition coefficient (Wildman–Crippen LogP) is 3.94. The minimum atomic E-state index is -0.481. The average molecular weight is 374 g/mol. The lowest BCUT2D eigenvalue weighted by Crippen LogP contribution is -2.15. The zero-order valence-electron chi connectivity index (χ0n) is 15.1. The zero-order chi connectivity index (χ0) is 19.3. The van der Waals surface area contributed by atoms with Crippen molar-refractivity contribution in [2.24, 2.45) is 0 Å². The van der Waals surface area contributed by atoms with Gasteiger partial charge in [-0.25, -0.2) is 4.79 Å². The van der Waals surface area contributed by atoms with E-state index in [0.717, 1.165) is 16.5 Å². The molecule has 28 heavy (non-hydrogen) atoms. The van der Waals surface area contributed by atoms with Gasteiger partial charge in [-0.15, -0.1) is 0 Å². The maximum atomic E-state index is 12.2. The molecule has 0 spiro atoms. The minimum absolute atomic E-state index is 0.398. The Kier molecular flexibility index (Phi) is 4.98. The van der Waals surface area contributed by atoms with Crippen LogP contribution < -0.4 is 14.2 Å². The molecule has 0 fully saturated rings. The van der Waals surface area contributed by atoms with E-state index in [9.17, 15) is 4.79 Å². The van der Waals surface area contributed by atoms with Gasteiger partial charge in [0.15, 0.2) is 11.5 Å². The van der Waals surface area contributed by atoms with Crippen molar-refractivity contribution >= 4 is 22.9 Å². The number of hydrogen-bond acceptors (Lipinski definition) is 5. The summed E-state index contributed by atoms with van der Waals surface area (Å²) in [5.41, 5.74) is 1.92. The first kappa shape index (κ1) is 17.7. The summed E-state index contributed by atoms with van der Waals surface area (Å²) >= 11 is 0. The second-order valence-electron chi connectivity index (χ2n) is 6.26. The molecule has 0 aliphatic carbocycles. The van der Waals surface area contributed by atoms with Gasteiger partial charge in [-0.2, -0.15) is 5.26 Å². The number of ether oxygens (including phenoxy) is 3. The van der Waals surface area contributed by atoms with Crippen molar-refractivity contribution in [1.29, 1.82) is 5.26 Å². The molecular formula is C22H18N2O4. The van der Waals surface area contributed by atoms with E-state index in [0.29, 0.717) is 43.4 Å². The van der Waals surface area contributed by atoms with Crippen molar-refractivity contribution in [2.45, 2.75) is 13.0 Å². The second kappa shape index (κ2) is 7.89. The van der Waals surface area contributed by atoms with Gasteiger partial charge in [0, 0.05) is 41.4 Å². The Hall–Kier alpha value is -3.72. The van der Waals surface area contributed by atoms with Crippen LogP contribution in [0, 0.1) is 11.3 Å². The standard InChI is InChI=1S/C22H18N2O4/c23-10-3-11-24-15-16(18-4-1-2-5-19(18)24)6-9-22(25)28-17-7-8-20-21(14-17)27-13-12-26-20/h1-2,4-9,14-15H,3,11-13H2. The molecule has 0 saturated heterocycles. The number of carbonyl (C=O) groups excluding carboxylic acids is 1. The summed E-state index contributed by atoms with van der Waals surface area (Å²) in [6, 6.07) is 15.1. The van der Waals surface area contributed by atoms with Crippen LogP contribution in [0.1, 0.15) is 12.0 Å². The Labute approximate surface area is 162 Å². The van der Waals surface area contributed by atoms with Crippen LogP contribution in [0.15, 0.2) is 54.7 Å². The summed E-state index contributed by atoms with van der Waals surface area (Å²) in [5, 5.41) is 9.86. The summed E-state index contributed by atoms with van der Waals surface area (Å²) in [6.07, 6.45) is 5.49. The molecule has 2 heterocycles. The van der Waals surface area contributed by atoms with E-state index in [1.54, 1.807) is 24.3 Å². The molecule has 0 bridgehead atoms. The molecule has 0 N–H and O–H groups in total. The van der Waals surface area contributed by atoms with Crippen molar-refractivity contribution in [3.63, 3.8) is 0 Å². The highest BCUT2D eigenvalue weighted by Gasteiger charge is 2.13. The first-order valence-corrected chi connectivity index (χ1v) is 8.99. The minimum Gasteiger partial charge on any atom is -0.486 e. The first-order chi connectivity index (χ1) is 13.7. The Balaban J connectivity index is 1.51. The number of benzene rings is 2. The lowest BCUT2D eigenvalue weighted by molar-refractivity contribution is -0.128. The molecule has 1 aliphatic heterocycles. The number of hydrogen-bond donors (Lipinski definition) is 0. The predicted molar refractivity (Wildman–Crippen MR) is 104 cm³/mol. The van der Waals surface area contributed by atoms with Crippen LogP contribution in [0.3, 0.4) is 0 Å². The van der Waals surface area contributed by atoms with Crippen LogP contribution in [-0.4, -0.2) is 23.8 Å². The molecule has 4 rings (SSSR count). The number of aromatic nitrogens is 1. The van der Waals surface area contributed by atoms with Gasteiger partial charge in [0.05, 0.1) is 12.5 Å². The topological polar surface area (TPSA) is 73.5 Å². The van der Waals surface area contributed by atoms with Crippen molar-refractivity contribution < 1.29 is 19.0 Å². The molecule has 1 aliphatic rings. The van der Waals surface area contributed by atoms with Gasteiger partial charge >= 0.3 is 5.97 Å². The number of esters is 1. The molecule has 140 valence electrons. The highest BCUT2D eigenvalue weighted by molar-refractivity contribution is 5.95. The van der Waals surface area contributed by atoms with Crippen LogP contribution in [0.4, 0.5) is 0 Å². The smallest absolute Gasteiger partial charge is 0.336 e. The first-order valence-electron chi connectivity index (χ1n) is 8.99. The van der Waals surface area contributed by atoms with Crippen molar-refractivity contribution in [2.75, 3.05) is 13.2 Å². The van der Waals surface area contributed by atoms with E-state index in [2.05, 4.69) is 6.07 Å². The maximum Gasteiger partial charge on any atom is 0.336 e. The Morgan fingerprint density at radius 3 is 2.86 bits per heavy atom. The normalized spacial score (nSPS) is 12.8. The van der Waals surface area contributed by atoms with Gasteiger partial charge in [0.1, 0.15) is 19.0 Å². The van der Waals surface area contributed by atoms with Crippen molar-refractivity contribution in [1.82, 2.24) is 4.57 Å². The number of para-hydroxylation sites is 1. The Bertz CT molecular complexity index is 1090. The second-order valence-corrected chi connectivity index (χ2v) is 6.26. The van der Waals surface area contributed by atoms with Gasteiger partial charge < -0.3 is 18.8 Å². The molecule has 0 saturated carbocycles. The Morgan fingerprint density at radius 1 is 1.18 bits per heavy atom. The van der Waals surface area contributed by atoms with Crippen molar-refractivity contribution in [3.8, 4) is 23.3 Å². The highest BCUT2D eigenvalue weighted by atomic mass is 16.6.